The first kappa shape index (κ1) is 15.1. The standard InChI is InChI=1S/C14H15FIN3O/c1-3-17-14-12(16)11(8-20-2)18-13(19-14)9-4-6-10(15)7-5-9/h4-7H,3,8H2,1-2H3,(H,17,18,19). The molecule has 0 bridgehead atoms. The highest BCUT2D eigenvalue weighted by Crippen LogP contribution is 2.24. The van der Waals surface area contributed by atoms with Gasteiger partial charge in [-0.3, -0.25) is 0 Å². The lowest BCUT2D eigenvalue weighted by molar-refractivity contribution is 0.181. The molecule has 106 valence electrons. The summed E-state index contributed by atoms with van der Waals surface area (Å²) in [5.74, 6) is 1.06. The Morgan fingerprint density at radius 3 is 2.55 bits per heavy atom. The van der Waals surface area contributed by atoms with Crippen molar-refractivity contribution < 1.29 is 9.13 Å². The Bertz CT molecular complexity index is 562. The fraction of sp³-hybridized carbons (Fsp3) is 0.286. The molecule has 0 amide bonds. The number of nitrogens with zero attached hydrogens (tertiary/aromatic N) is 2. The third-order valence-corrected chi connectivity index (χ3v) is 3.78. The zero-order valence-corrected chi connectivity index (χ0v) is 13.4. The van der Waals surface area contributed by atoms with E-state index >= 15 is 0 Å². The molecule has 0 unspecified atom stereocenters. The fourth-order valence-electron chi connectivity index (χ4n) is 1.74. The van der Waals surface area contributed by atoms with E-state index in [1.54, 1.807) is 19.2 Å². The Kier molecular flexibility index (Phi) is 5.24. The van der Waals surface area contributed by atoms with E-state index in [9.17, 15) is 4.39 Å². The van der Waals surface area contributed by atoms with Gasteiger partial charge in [-0.05, 0) is 53.8 Å². The van der Waals surface area contributed by atoms with Crippen molar-refractivity contribution in [2.45, 2.75) is 13.5 Å². The quantitative estimate of drug-likeness (QED) is 0.799. The average molecular weight is 387 g/mol. The SMILES string of the molecule is CCNc1nc(-c2ccc(F)cc2)nc(COC)c1I. The molecule has 1 heterocycles. The molecule has 1 aromatic carbocycles. The molecule has 0 saturated heterocycles. The number of methoxy groups -OCH3 is 1. The third-order valence-electron chi connectivity index (χ3n) is 2.65. The van der Waals surface area contributed by atoms with Crippen LogP contribution in [0.1, 0.15) is 12.6 Å². The van der Waals surface area contributed by atoms with E-state index in [0.717, 1.165) is 27.2 Å². The zero-order chi connectivity index (χ0) is 14.5. The number of benzene rings is 1. The number of halogens is 2. The summed E-state index contributed by atoms with van der Waals surface area (Å²) in [6, 6.07) is 6.15. The molecule has 0 atom stereocenters. The van der Waals surface area contributed by atoms with Crippen LogP contribution in [0.4, 0.5) is 10.2 Å². The maximum Gasteiger partial charge on any atom is 0.161 e. The number of nitrogens with one attached hydrogen (secondary N) is 1. The summed E-state index contributed by atoms with van der Waals surface area (Å²) >= 11 is 2.20. The third kappa shape index (κ3) is 3.43. The Morgan fingerprint density at radius 2 is 1.95 bits per heavy atom. The lowest BCUT2D eigenvalue weighted by atomic mass is 10.2. The molecule has 4 nitrogen and oxygen atoms in total. The molecule has 2 rings (SSSR count). The minimum absolute atomic E-state index is 0.275. The molecule has 0 aliphatic heterocycles. The topological polar surface area (TPSA) is 47.0 Å². The predicted octanol–water partition coefficient (Wildman–Crippen LogP) is 3.47. The number of aromatic nitrogens is 2. The summed E-state index contributed by atoms with van der Waals surface area (Å²) in [5.41, 5.74) is 1.60. The number of anilines is 1. The highest BCUT2D eigenvalue weighted by atomic mass is 127. The van der Waals surface area contributed by atoms with Gasteiger partial charge < -0.3 is 10.1 Å². The highest BCUT2D eigenvalue weighted by molar-refractivity contribution is 14.1. The number of rotatable bonds is 5. The van der Waals surface area contributed by atoms with Crippen LogP contribution in [0.25, 0.3) is 11.4 Å². The van der Waals surface area contributed by atoms with Crippen LogP contribution in [-0.2, 0) is 11.3 Å². The highest BCUT2D eigenvalue weighted by Gasteiger charge is 2.13. The van der Waals surface area contributed by atoms with E-state index in [0.29, 0.717) is 12.4 Å². The van der Waals surface area contributed by atoms with Crippen molar-refractivity contribution in [2.24, 2.45) is 0 Å². The molecule has 0 aliphatic carbocycles. The lowest BCUT2D eigenvalue weighted by Gasteiger charge is -2.12. The average Bonchev–Trinajstić information content (AvgIpc) is 2.44. The summed E-state index contributed by atoms with van der Waals surface area (Å²) in [6.07, 6.45) is 0. The van der Waals surface area contributed by atoms with E-state index < -0.39 is 0 Å². The van der Waals surface area contributed by atoms with Crippen LogP contribution in [0, 0.1) is 9.39 Å². The molecule has 0 fully saturated rings. The van der Waals surface area contributed by atoms with Gasteiger partial charge >= 0.3 is 0 Å². The molecule has 6 heteroatoms. The molecule has 20 heavy (non-hydrogen) atoms. The Labute approximate surface area is 130 Å². The van der Waals surface area contributed by atoms with Crippen LogP contribution in [0.3, 0.4) is 0 Å². The van der Waals surface area contributed by atoms with E-state index in [2.05, 4.69) is 37.9 Å². The van der Waals surface area contributed by atoms with Gasteiger partial charge in [0.2, 0.25) is 0 Å². The van der Waals surface area contributed by atoms with E-state index in [-0.39, 0.29) is 5.82 Å². The fourth-order valence-corrected chi connectivity index (χ4v) is 2.33. The van der Waals surface area contributed by atoms with Crippen molar-refractivity contribution in [2.75, 3.05) is 19.0 Å². The predicted molar refractivity (Wildman–Crippen MR) is 85.0 cm³/mol. The first-order valence-corrected chi connectivity index (χ1v) is 7.28. The van der Waals surface area contributed by atoms with Gasteiger partial charge in [0.15, 0.2) is 5.82 Å². The van der Waals surface area contributed by atoms with Crippen molar-refractivity contribution in [1.82, 2.24) is 9.97 Å². The van der Waals surface area contributed by atoms with Crippen molar-refractivity contribution >= 4 is 28.4 Å². The van der Waals surface area contributed by atoms with Crippen molar-refractivity contribution in [3.8, 4) is 11.4 Å². The van der Waals surface area contributed by atoms with Crippen molar-refractivity contribution in [3.05, 3.63) is 39.3 Å². The van der Waals surface area contributed by atoms with E-state index in [4.69, 9.17) is 4.74 Å². The number of hydrogen-bond acceptors (Lipinski definition) is 4. The Hall–Kier alpha value is -1.28. The normalized spacial score (nSPS) is 10.6. The monoisotopic (exact) mass is 387 g/mol. The van der Waals surface area contributed by atoms with Gasteiger partial charge in [-0.25, -0.2) is 14.4 Å². The van der Waals surface area contributed by atoms with Gasteiger partial charge in [0.05, 0.1) is 15.9 Å². The van der Waals surface area contributed by atoms with Gasteiger partial charge in [0, 0.05) is 19.2 Å². The van der Waals surface area contributed by atoms with Gasteiger partial charge in [-0.2, -0.15) is 0 Å². The summed E-state index contributed by atoms with van der Waals surface area (Å²) in [5, 5.41) is 3.21. The summed E-state index contributed by atoms with van der Waals surface area (Å²) < 4.78 is 19.1. The molecular formula is C14H15FIN3O. The molecule has 1 N–H and O–H groups in total. The molecule has 0 saturated carbocycles. The second kappa shape index (κ2) is 6.94. The zero-order valence-electron chi connectivity index (χ0n) is 11.3. The molecular weight excluding hydrogens is 372 g/mol. The molecule has 2 aromatic rings. The van der Waals surface area contributed by atoms with Gasteiger partial charge in [-0.1, -0.05) is 0 Å². The van der Waals surface area contributed by atoms with Crippen LogP contribution >= 0.6 is 22.6 Å². The largest absolute Gasteiger partial charge is 0.378 e. The minimum atomic E-state index is -0.275. The van der Waals surface area contributed by atoms with E-state index in [1.807, 2.05) is 6.92 Å². The van der Waals surface area contributed by atoms with Crippen LogP contribution in [0.5, 0.6) is 0 Å². The van der Waals surface area contributed by atoms with Crippen LogP contribution in [-0.4, -0.2) is 23.6 Å². The van der Waals surface area contributed by atoms with Crippen LogP contribution in [0.2, 0.25) is 0 Å². The maximum absolute atomic E-state index is 13.0. The first-order chi connectivity index (χ1) is 9.65. The van der Waals surface area contributed by atoms with Crippen molar-refractivity contribution in [3.63, 3.8) is 0 Å². The van der Waals surface area contributed by atoms with Gasteiger partial charge in [0.1, 0.15) is 11.6 Å². The molecule has 0 aliphatic rings. The Balaban J connectivity index is 2.49. The van der Waals surface area contributed by atoms with Crippen LogP contribution in [0.15, 0.2) is 24.3 Å². The maximum atomic E-state index is 13.0. The molecule has 1 aromatic heterocycles. The number of hydrogen-bond donors (Lipinski definition) is 1. The minimum Gasteiger partial charge on any atom is -0.378 e. The smallest absolute Gasteiger partial charge is 0.161 e. The summed E-state index contributed by atoms with van der Waals surface area (Å²) in [4.78, 5) is 9.00. The first-order valence-electron chi connectivity index (χ1n) is 6.20. The van der Waals surface area contributed by atoms with Gasteiger partial charge in [0.25, 0.3) is 0 Å². The second-order valence-electron chi connectivity index (χ2n) is 4.13. The summed E-state index contributed by atoms with van der Waals surface area (Å²) in [6.45, 7) is 3.18. The van der Waals surface area contributed by atoms with Crippen LogP contribution < -0.4 is 5.32 Å². The Morgan fingerprint density at radius 1 is 1.25 bits per heavy atom. The summed E-state index contributed by atoms with van der Waals surface area (Å²) in [7, 11) is 1.63. The molecule has 0 spiro atoms. The van der Waals surface area contributed by atoms with Crippen molar-refractivity contribution in [1.29, 1.82) is 0 Å². The van der Waals surface area contributed by atoms with E-state index in [1.165, 1.54) is 12.1 Å². The molecule has 0 radical (unpaired) electrons. The second-order valence-corrected chi connectivity index (χ2v) is 5.21. The van der Waals surface area contributed by atoms with Gasteiger partial charge in [-0.15, -0.1) is 0 Å². The number of ether oxygens (including phenoxy) is 1. The lowest BCUT2D eigenvalue weighted by Crippen LogP contribution is -2.08.